The molecule has 0 unspecified atom stereocenters. The van der Waals surface area contributed by atoms with E-state index in [9.17, 15) is 4.79 Å². The van der Waals surface area contributed by atoms with E-state index in [1.54, 1.807) is 12.3 Å². The number of hydrogen-bond donors (Lipinski definition) is 2. The van der Waals surface area contributed by atoms with Gasteiger partial charge in [0.25, 0.3) is 5.91 Å². The molecule has 2 aromatic carbocycles. The number of amides is 1. The molecule has 0 aliphatic carbocycles. The number of anilines is 2. The maximum atomic E-state index is 12.3. The van der Waals surface area contributed by atoms with Crippen molar-refractivity contribution in [3.63, 3.8) is 0 Å². The van der Waals surface area contributed by atoms with Crippen LogP contribution in [-0.4, -0.2) is 48.0 Å². The van der Waals surface area contributed by atoms with Crippen LogP contribution in [0.2, 0.25) is 0 Å². The van der Waals surface area contributed by atoms with Gasteiger partial charge in [-0.2, -0.15) is 0 Å². The summed E-state index contributed by atoms with van der Waals surface area (Å²) in [5, 5.41) is 5.98. The van der Waals surface area contributed by atoms with E-state index in [1.165, 1.54) is 0 Å². The number of para-hydroxylation sites is 1. The lowest BCUT2D eigenvalue weighted by Gasteiger charge is -2.10. The number of hydrogen-bond acceptors (Lipinski definition) is 6. The predicted octanol–water partition coefficient (Wildman–Crippen LogP) is 3.69. The molecule has 0 radical (unpaired) electrons. The molecule has 7 heteroatoms. The standard InChI is InChI=1S/C22H25N5O2/c1-27(2)16-6-14-23-21(28)20-13-15-24-22(26-20)25-17-9-11-19(12-10-17)29-18-7-4-3-5-8-18/h3-5,7-13,15H,6,14,16H2,1-2H3,(H,23,28)(H,24,25,26). The molecule has 3 rings (SSSR count). The van der Waals surface area contributed by atoms with Crippen molar-refractivity contribution < 1.29 is 9.53 Å². The van der Waals surface area contributed by atoms with Crippen LogP contribution < -0.4 is 15.4 Å². The van der Waals surface area contributed by atoms with E-state index in [0.29, 0.717) is 18.2 Å². The second-order valence-electron chi connectivity index (χ2n) is 6.74. The van der Waals surface area contributed by atoms with E-state index in [1.807, 2.05) is 68.7 Å². The molecule has 0 fully saturated rings. The highest BCUT2D eigenvalue weighted by Crippen LogP contribution is 2.23. The van der Waals surface area contributed by atoms with Crippen molar-refractivity contribution in [1.82, 2.24) is 20.2 Å². The van der Waals surface area contributed by atoms with Crippen LogP contribution >= 0.6 is 0 Å². The number of nitrogens with zero attached hydrogens (tertiary/aromatic N) is 3. The third-order valence-electron chi connectivity index (χ3n) is 4.05. The lowest BCUT2D eigenvalue weighted by Crippen LogP contribution is -2.28. The van der Waals surface area contributed by atoms with Crippen molar-refractivity contribution in [2.45, 2.75) is 6.42 Å². The molecule has 1 amide bonds. The number of benzene rings is 2. The Balaban J connectivity index is 1.56. The molecule has 1 heterocycles. The number of carbonyl (C=O) groups is 1. The molecule has 1 aromatic heterocycles. The lowest BCUT2D eigenvalue weighted by atomic mass is 10.3. The van der Waals surface area contributed by atoms with Crippen LogP contribution in [0, 0.1) is 0 Å². The number of aromatic nitrogens is 2. The van der Waals surface area contributed by atoms with Gasteiger partial charge in [-0.25, -0.2) is 9.97 Å². The summed E-state index contributed by atoms with van der Waals surface area (Å²) < 4.78 is 5.78. The maximum Gasteiger partial charge on any atom is 0.270 e. The van der Waals surface area contributed by atoms with Crippen LogP contribution in [0.3, 0.4) is 0 Å². The van der Waals surface area contributed by atoms with Crippen molar-refractivity contribution in [3.05, 3.63) is 72.6 Å². The highest BCUT2D eigenvalue weighted by Gasteiger charge is 2.08. The fourth-order valence-corrected chi connectivity index (χ4v) is 2.59. The summed E-state index contributed by atoms with van der Waals surface area (Å²) in [6, 6.07) is 18.6. The van der Waals surface area contributed by atoms with Crippen molar-refractivity contribution >= 4 is 17.5 Å². The minimum atomic E-state index is -0.208. The minimum Gasteiger partial charge on any atom is -0.457 e. The Kier molecular flexibility index (Phi) is 7.13. The van der Waals surface area contributed by atoms with Crippen LogP contribution in [0.25, 0.3) is 0 Å². The molecular weight excluding hydrogens is 366 g/mol. The Morgan fingerprint density at radius 3 is 2.45 bits per heavy atom. The van der Waals surface area contributed by atoms with E-state index in [-0.39, 0.29) is 5.91 Å². The van der Waals surface area contributed by atoms with Crippen LogP contribution in [0.1, 0.15) is 16.9 Å². The van der Waals surface area contributed by atoms with E-state index in [0.717, 1.165) is 30.2 Å². The molecule has 0 bridgehead atoms. The molecule has 0 saturated heterocycles. The summed E-state index contributed by atoms with van der Waals surface area (Å²) >= 11 is 0. The maximum absolute atomic E-state index is 12.3. The number of rotatable bonds is 9. The lowest BCUT2D eigenvalue weighted by molar-refractivity contribution is 0.0947. The third kappa shape index (κ3) is 6.58. The van der Waals surface area contributed by atoms with Gasteiger partial charge < -0.3 is 20.3 Å². The van der Waals surface area contributed by atoms with Gasteiger partial charge in [-0.3, -0.25) is 4.79 Å². The Morgan fingerprint density at radius 2 is 1.72 bits per heavy atom. The van der Waals surface area contributed by atoms with Crippen molar-refractivity contribution in [3.8, 4) is 11.5 Å². The topological polar surface area (TPSA) is 79.4 Å². The highest BCUT2D eigenvalue weighted by molar-refractivity contribution is 5.92. The first-order chi connectivity index (χ1) is 14.1. The molecule has 0 aliphatic heterocycles. The number of nitrogens with one attached hydrogen (secondary N) is 2. The van der Waals surface area contributed by atoms with E-state index >= 15 is 0 Å². The van der Waals surface area contributed by atoms with Crippen LogP contribution in [0.5, 0.6) is 11.5 Å². The van der Waals surface area contributed by atoms with E-state index < -0.39 is 0 Å². The Bertz CT molecular complexity index is 914. The summed E-state index contributed by atoms with van der Waals surface area (Å²) in [5.41, 5.74) is 1.13. The summed E-state index contributed by atoms with van der Waals surface area (Å²) in [5.74, 6) is 1.66. The van der Waals surface area contributed by atoms with Crippen LogP contribution in [-0.2, 0) is 0 Å². The zero-order valence-corrected chi connectivity index (χ0v) is 16.6. The van der Waals surface area contributed by atoms with Crippen LogP contribution in [0.15, 0.2) is 66.9 Å². The summed E-state index contributed by atoms with van der Waals surface area (Å²) in [4.78, 5) is 22.8. The number of carbonyl (C=O) groups excluding carboxylic acids is 1. The molecule has 29 heavy (non-hydrogen) atoms. The molecule has 0 aliphatic rings. The molecule has 3 aromatic rings. The SMILES string of the molecule is CN(C)CCCNC(=O)c1ccnc(Nc2ccc(Oc3ccccc3)cc2)n1. The summed E-state index contributed by atoms with van der Waals surface area (Å²) in [6.45, 7) is 1.52. The van der Waals surface area contributed by atoms with Gasteiger partial charge in [0.2, 0.25) is 5.95 Å². The molecule has 2 N–H and O–H groups in total. The van der Waals surface area contributed by atoms with Gasteiger partial charge in [0.1, 0.15) is 17.2 Å². The first kappa shape index (κ1) is 20.3. The van der Waals surface area contributed by atoms with Gasteiger partial charge in [-0.05, 0) is 69.5 Å². The number of ether oxygens (including phenoxy) is 1. The molecule has 0 spiro atoms. The largest absolute Gasteiger partial charge is 0.457 e. The molecule has 0 atom stereocenters. The quantitative estimate of drug-likeness (QED) is 0.542. The molecule has 150 valence electrons. The molecule has 7 nitrogen and oxygen atoms in total. The predicted molar refractivity (Wildman–Crippen MR) is 114 cm³/mol. The van der Waals surface area contributed by atoms with Crippen molar-refractivity contribution in [2.24, 2.45) is 0 Å². The van der Waals surface area contributed by atoms with Gasteiger partial charge in [0.15, 0.2) is 0 Å². The average Bonchev–Trinajstić information content (AvgIpc) is 2.73. The van der Waals surface area contributed by atoms with E-state index in [4.69, 9.17) is 4.74 Å². The first-order valence-corrected chi connectivity index (χ1v) is 9.46. The molecular formula is C22H25N5O2. The molecule has 0 saturated carbocycles. The van der Waals surface area contributed by atoms with E-state index in [2.05, 4.69) is 25.5 Å². The van der Waals surface area contributed by atoms with Crippen molar-refractivity contribution in [2.75, 3.05) is 32.5 Å². The Hall–Kier alpha value is -3.45. The van der Waals surface area contributed by atoms with Gasteiger partial charge in [0, 0.05) is 18.4 Å². The minimum absolute atomic E-state index is 0.208. The monoisotopic (exact) mass is 391 g/mol. The van der Waals surface area contributed by atoms with Crippen LogP contribution in [0.4, 0.5) is 11.6 Å². The highest BCUT2D eigenvalue weighted by atomic mass is 16.5. The second-order valence-corrected chi connectivity index (χ2v) is 6.74. The van der Waals surface area contributed by atoms with Gasteiger partial charge in [-0.1, -0.05) is 18.2 Å². The Labute approximate surface area is 170 Å². The summed E-state index contributed by atoms with van der Waals surface area (Å²) in [6.07, 6.45) is 2.45. The van der Waals surface area contributed by atoms with Gasteiger partial charge in [0.05, 0.1) is 0 Å². The summed E-state index contributed by atoms with van der Waals surface area (Å²) in [7, 11) is 4.01. The Morgan fingerprint density at radius 1 is 1.00 bits per heavy atom. The second kappa shape index (κ2) is 10.2. The zero-order valence-electron chi connectivity index (χ0n) is 16.6. The smallest absolute Gasteiger partial charge is 0.270 e. The van der Waals surface area contributed by atoms with Crippen molar-refractivity contribution in [1.29, 1.82) is 0 Å². The van der Waals surface area contributed by atoms with Gasteiger partial charge in [-0.15, -0.1) is 0 Å². The third-order valence-corrected chi connectivity index (χ3v) is 4.05. The normalized spacial score (nSPS) is 10.6. The zero-order chi connectivity index (χ0) is 20.5. The first-order valence-electron chi connectivity index (χ1n) is 9.46. The fourth-order valence-electron chi connectivity index (χ4n) is 2.59. The van der Waals surface area contributed by atoms with Gasteiger partial charge >= 0.3 is 0 Å². The average molecular weight is 391 g/mol. The fraction of sp³-hybridized carbons (Fsp3) is 0.227.